The molecule has 2 heterocycles. The summed E-state index contributed by atoms with van der Waals surface area (Å²) in [5, 5.41) is 0.703. The fourth-order valence-electron chi connectivity index (χ4n) is 1.86. The molecule has 5 heteroatoms. The van der Waals surface area contributed by atoms with Crippen LogP contribution in [-0.2, 0) is 12.1 Å². The molecule has 0 amide bonds. The standard InChI is InChI=1S/C11H19N3S2/c1-11(2,12)10-5-13-8-14(10)6-9-7-15-3-4-16-9/h5,8-9H,3-4,6-7,12H2,1-2H3. The summed E-state index contributed by atoms with van der Waals surface area (Å²) in [6.07, 6.45) is 3.80. The van der Waals surface area contributed by atoms with Gasteiger partial charge in [0.25, 0.3) is 0 Å². The first kappa shape index (κ1) is 12.3. The Bertz CT molecular complexity index is 337. The van der Waals surface area contributed by atoms with Crippen LogP contribution in [0, 0.1) is 0 Å². The Morgan fingerprint density at radius 1 is 1.56 bits per heavy atom. The molecule has 0 bridgehead atoms. The number of rotatable bonds is 3. The van der Waals surface area contributed by atoms with Crippen LogP contribution in [0.4, 0.5) is 0 Å². The zero-order valence-corrected chi connectivity index (χ0v) is 11.5. The van der Waals surface area contributed by atoms with Crippen molar-refractivity contribution in [2.45, 2.75) is 31.2 Å². The van der Waals surface area contributed by atoms with Gasteiger partial charge in [-0.3, -0.25) is 0 Å². The molecule has 1 fully saturated rings. The first-order chi connectivity index (χ1) is 7.57. The zero-order valence-electron chi connectivity index (χ0n) is 9.85. The highest BCUT2D eigenvalue weighted by Gasteiger charge is 2.22. The van der Waals surface area contributed by atoms with E-state index < -0.39 is 0 Å². The van der Waals surface area contributed by atoms with Gasteiger partial charge >= 0.3 is 0 Å². The molecule has 0 saturated carbocycles. The first-order valence-corrected chi connectivity index (χ1v) is 7.76. The lowest BCUT2D eigenvalue weighted by Crippen LogP contribution is -2.33. The molecule has 0 aliphatic carbocycles. The van der Waals surface area contributed by atoms with Crippen LogP contribution in [0.1, 0.15) is 19.5 Å². The van der Waals surface area contributed by atoms with Crippen LogP contribution in [0.3, 0.4) is 0 Å². The van der Waals surface area contributed by atoms with Crippen molar-refractivity contribution in [2.24, 2.45) is 5.73 Å². The van der Waals surface area contributed by atoms with Crippen LogP contribution in [0.15, 0.2) is 12.5 Å². The molecule has 0 aromatic carbocycles. The minimum atomic E-state index is -0.303. The largest absolute Gasteiger partial charge is 0.332 e. The van der Waals surface area contributed by atoms with Gasteiger partial charge in [0, 0.05) is 35.3 Å². The van der Waals surface area contributed by atoms with E-state index in [9.17, 15) is 0 Å². The highest BCUT2D eigenvalue weighted by atomic mass is 32.2. The monoisotopic (exact) mass is 257 g/mol. The van der Waals surface area contributed by atoms with Gasteiger partial charge in [0.05, 0.1) is 17.6 Å². The number of imidazole rings is 1. The molecule has 16 heavy (non-hydrogen) atoms. The smallest absolute Gasteiger partial charge is 0.0949 e. The third kappa shape index (κ3) is 2.96. The van der Waals surface area contributed by atoms with E-state index >= 15 is 0 Å². The molecule has 1 atom stereocenters. The normalized spacial score (nSPS) is 22.3. The van der Waals surface area contributed by atoms with Gasteiger partial charge in [0.1, 0.15) is 0 Å². The second-order valence-electron chi connectivity index (χ2n) is 4.72. The van der Waals surface area contributed by atoms with Gasteiger partial charge in [-0.1, -0.05) is 0 Å². The van der Waals surface area contributed by atoms with Crippen LogP contribution in [0.25, 0.3) is 0 Å². The molecule has 1 aliphatic heterocycles. The lowest BCUT2D eigenvalue weighted by Gasteiger charge is -2.25. The van der Waals surface area contributed by atoms with Gasteiger partial charge < -0.3 is 10.3 Å². The molecule has 2 rings (SSSR count). The van der Waals surface area contributed by atoms with E-state index in [0.29, 0.717) is 5.25 Å². The summed E-state index contributed by atoms with van der Waals surface area (Å²) in [6, 6.07) is 0. The topological polar surface area (TPSA) is 43.8 Å². The number of hydrogen-bond donors (Lipinski definition) is 1. The lowest BCUT2D eigenvalue weighted by atomic mass is 10.0. The Labute approximate surface area is 106 Å². The number of nitrogens with two attached hydrogens (primary N) is 1. The lowest BCUT2D eigenvalue weighted by molar-refractivity contribution is 0.492. The summed E-state index contributed by atoms with van der Waals surface area (Å²) >= 11 is 4.12. The maximum Gasteiger partial charge on any atom is 0.0949 e. The number of hydrogen-bond acceptors (Lipinski definition) is 4. The summed E-state index contributed by atoms with van der Waals surface area (Å²) in [7, 11) is 0. The van der Waals surface area contributed by atoms with Gasteiger partial charge in [-0.15, -0.1) is 0 Å². The van der Waals surface area contributed by atoms with E-state index in [2.05, 4.69) is 33.1 Å². The predicted molar refractivity (Wildman–Crippen MR) is 73.0 cm³/mol. The average Bonchev–Trinajstić information content (AvgIpc) is 2.67. The SMILES string of the molecule is CC(C)(N)c1cncn1CC1CSCCS1. The van der Waals surface area contributed by atoms with Crippen LogP contribution in [-0.4, -0.2) is 32.1 Å². The van der Waals surface area contributed by atoms with Gasteiger partial charge in [-0.25, -0.2) is 4.98 Å². The zero-order chi connectivity index (χ0) is 11.6. The molecule has 1 aliphatic rings. The van der Waals surface area contributed by atoms with Crippen molar-refractivity contribution in [3.05, 3.63) is 18.2 Å². The van der Waals surface area contributed by atoms with Gasteiger partial charge in [-0.2, -0.15) is 23.5 Å². The minimum absolute atomic E-state index is 0.303. The van der Waals surface area contributed by atoms with E-state index in [1.807, 2.05) is 26.4 Å². The van der Waals surface area contributed by atoms with Crippen molar-refractivity contribution in [1.29, 1.82) is 0 Å². The third-order valence-corrected chi connectivity index (χ3v) is 5.49. The van der Waals surface area contributed by atoms with Crippen molar-refractivity contribution in [2.75, 3.05) is 17.3 Å². The predicted octanol–water partition coefficient (Wildman–Crippen LogP) is 1.93. The van der Waals surface area contributed by atoms with Crippen LogP contribution >= 0.6 is 23.5 Å². The molecule has 1 unspecified atom stereocenters. The van der Waals surface area contributed by atoms with Crippen LogP contribution in [0.2, 0.25) is 0 Å². The molecule has 1 aromatic heterocycles. The Balaban J connectivity index is 2.06. The summed E-state index contributed by atoms with van der Waals surface area (Å²) < 4.78 is 2.21. The second kappa shape index (κ2) is 5.02. The fourth-order valence-corrected chi connectivity index (χ4v) is 4.53. The van der Waals surface area contributed by atoms with E-state index in [1.165, 1.54) is 17.3 Å². The van der Waals surface area contributed by atoms with Crippen molar-refractivity contribution >= 4 is 23.5 Å². The molecule has 1 aromatic rings. The minimum Gasteiger partial charge on any atom is -0.332 e. The summed E-state index contributed by atoms with van der Waals surface area (Å²) in [5.74, 6) is 3.80. The van der Waals surface area contributed by atoms with E-state index in [0.717, 1.165) is 12.2 Å². The van der Waals surface area contributed by atoms with E-state index in [1.54, 1.807) is 0 Å². The van der Waals surface area contributed by atoms with Crippen LogP contribution < -0.4 is 5.73 Å². The molecule has 90 valence electrons. The molecule has 0 radical (unpaired) electrons. The Morgan fingerprint density at radius 3 is 3.00 bits per heavy atom. The first-order valence-electron chi connectivity index (χ1n) is 5.56. The Morgan fingerprint density at radius 2 is 2.38 bits per heavy atom. The van der Waals surface area contributed by atoms with Gasteiger partial charge in [-0.05, 0) is 13.8 Å². The summed E-state index contributed by atoms with van der Waals surface area (Å²) in [6.45, 7) is 5.10. The molecule has 3 nitrogen and oxygen atoms in total. The summed E-state index contributed by atoms with van der Waals surface area (Å²) in [4.78, 5) is 4.22. The maximum atomic E-state index is 6.13. The number of nitrogens with zero attached hydrogens (tertiary/aromatic N) is 2. The average molecular weight is 257 g/mol. The molecule has 2 N–H and O–H groups in total. The fraction of sp³-hybridized carbons (Fsp3) is 0.727. The highest BCUT2D eigenvalue weighted by molar-refractivity contribution is 8.06. The van der Waals surface area contributed by atoms with E-state index in [4.69, 9.17) is 5.73 Å². The molecular formula is C11H19N3S2. The van der Waals surface area contributed by atoms with Crippen molar-refractivity contribution in [3.63, 3.8) is 0 Å². The quantitative estimate of drug-likeness (QED) is 0.898. The highest BCUT2D eigenvalue weighted by Crippen LogP contribution is 2.26. The van der Waals surface area contributed by atoms with Crippen molar-refractivity contribution in [1.82, 2.24) is 9.55 Å². The van der Waals surface area contributed by atoms with Crippen molar-refractivity contribution in [3.8, 4) is 0 Å². The van der Waals surface area contributed by atoms with E-state index in [-0.39, 0.29) is 5.54 Å². The molecule has 1 saturated heterocycles. The number of thioether (sulfide) groups is 2. The number of aromatic nitrogens is 2. The van der Waals surface area contributed by atoms with Crippen molar-refractivity contribution < 1.29 is 0 Å². The Hall–Kier alpha value is -0.130. The van der Waals surface area contributed by atoms with Gasteiger partial charge in [0.15, 0.2) is 0 Å². The second-order valence-corrected chi connectivity index (χ2v) is 7.28. The molecular weight excluding hydrogens is 238 g/mol. The summed E-state index contributed by atoms with van der Waals surface area (Å²) in [5.41, 5.74) is 6.96. The van der Waals surface area contributed by atoms with Crippen LogP contribution in [0.5, 0.6) is 0 Å². The van der Waals surface area contributed by atoms with Gasteiger partial charge in [0.2, 0.25) is 0 Å². The third-order valence-electron chi connectivity index (χ3n) is 2.66. The Kier molecular flexibility index (Phi) is 3.87. The maximum absolute atomic E-state index is 6.13. The molecule has 0 spiro atoms.